The Morgan fingerprint density at radius 3 is 2.69 bits per heavy atom. The Bertz CT molecular complexity index is 361. The lowest BCUT2D eigenvalue weighted by Crippen LogP contribution is -1.91. The lowest BCUT2D eigenvalue weighted by molar-refractivity contribution is 0.112. The summed E-state index contributed by atoms with van der Waals surface area (Å²) in [4.78, 5) is 10.6. The van der Waals surface area contributed by atoms with E-state index in [0.717, 1.165) is 23.0 Å². The highest BCUT2D eigenvalue weighted by Gasteiger charge is 2.03. The summed E-state index contributed by atoms with van der Waals surface area (Å²) in [6, 6.07) is 5.58. The van der Waals surface area contributed by atoms with Gasteiger partial charge in [-0.05, 0) is 23.6 Å². The summed E-state index contributed by atoms with van der Waals surface area (Å²) in [5, 5.41) is 0. The van der Waals surface area contributed by atoms with E-state index in [-0.39, 0.29) is 0 Å². The number of aldehydes is 1. The van der Waals surface area contributed by atoms with Crippen molar-refractivity contribution in [1.82, 2.24) is 0 Å². The molecule has 1 heteroatoms. The number of rotatable bonds is 3. The number of allylic oxidation sites excluding steroid dienone is 2. The van der Waals surface area contributed by atoms with Gasteiger partial charge < -0.3 is 0 Å². The summed E-state index contributed by atoms with van der Waals surface area (Å²) in [6.45, 7) is 9.40. The number of carbonyl (C=O) groups excluding carboxylic acids is 1. The van der Waals surface area contributed by atoms with Gasteiger partial charge in [0.25, 0.3) is 0 Å². The Kier molecular flexibility index (Phi) is 2.80. The van der Waals surface area contributed by atoms with Crippen LogP contribution in [0.25, 0.3) is 5.57 Å². The molecule has 0 bridgehead atoms. The molecule has 0 radical (unpaired) electrons. The van der Waals surface area contributed by atoms with E-state index in [2.05, 4.69) is 13.2 Å². The molecule has 1 aromatic rings. The quantitative estimate of drug-likeness (QED) is 0.506. The number of hydrogen-bond acceptors (Lipinski definition) is 1. The standard InChI is InChI=1S/C12H12O/c1-4-9(2)12-7-5-6-11(8-13)10(12)3/h4-8H,1-2H2,3H3. The molecule has 1 rings (SSSR count). The molecule has 66 valence electrons. The maximum atomic E-state index is 10.6. The molecule has 0 amide bonds. The Morgan fingerprint density at radius 2 is 2.15 bits per heavy atom. The smallest absolute Gasteiger partial charge is 0.150 e. The summed E-state index contributed by atoms with van der Waals surface area (Å²) in [5.41, 5.74) is 3.50. The van der Waals surface area contributed by atoms with E-state index in [1.807, 2.05) is 19.1 Å². The van der Waals surface area contributed by atoms with E-state index < -0.39 is 0 Å². The van der Waals surface area contributed by atoms with Crippen LogP contribution in [0, 0.1) is 6.92 Å². The van der Waals surface area contributed by atoms with E-state index in [1.165, 1.54) is 0 Å². The predicted molar refractivity (Wildman–Crippen MR) is 55.8 cm³/mol. The van der Waals surface area contributed by atoms with Crippen molar-refractivity contribution >= 4 is 11.9 Å². The van der Waals surface area contributed by atoms with Crippen molar-refractivity contribution in [3.63, 3.8) is 0 Å². The van der Waals surface area contributed by atoms with Gasteiger partial charge in [-0.25, -0.2) is 0 Å². The van der Waals surface area contributed by atoms with Crippen molar-refractivity contribution in [2.24, 2.45) is 0 Å². The first kappa shape index (κ1) is 9.46. The molecule has 1 aromatic carbocycles. The van der Waals surface area contributed by atoms with Crippen molar-refractivity contribution in [2.45, 2.75) is 6.92 Å². The van der Waals surface area contributed by atoms with Gasteiger partial charge in [0, 0.05) is 5.56 Å². The second-order valence-electron chi connectivity index (χ2n) is 2.87. The van der Waals surface area contributed by atoms with Crippen LogP contribution >= 0.6 is 0 Å². The van der Waals surface area contributed by atoms with Crippen LogP contribution in [-0.4, -0.2) is 6.29 Å². The van der Waals surface area contributed by atoms with Gasteiger partial charge in [0.2, 0.25) is 0 Å². The highest BCUT2D eigenvalue weighted by Crippen LogP contribution is 2.19. The van der Waals surface area contributed by atoms with E-state index in [9.17, 15) is 4.79 Å². The molecule has 0 atom stereocenters. The highest BCUT2D eigenvalue weighted by atomic mass is 16.1. The van der Waals surface area contributed by atoms with Crippen molar-refractivity contribution in [3.8, 4) is 0 Å². The average Bonchev–Trinajstić information content (AvgIpc) is 2.17. The summed E-state index contributed by atoms with van der Waals surface area (Å²) in [6.07, 6.45) is 2.55. The SMILES string of the molecule is C=CC(=C)c1cccc(C=O)c1C. The molecule has 0 aliphatic carbocycles. The second kappa shape index (κ2) is 3.85. The molecular formula is C12H12O. The topological polar surface area (TPSA) is 17.1 Å². The minimum absolute atomic E-state index is 0.709. The Morgan fingerprint density at radius 1 is 1.46 bits per heavy atom. The van der Waals surface area contributed by atoms with Crippen LogP contribution < -0.4 is 0 Å². The third-order valence-corrected chi connectivity index (χ3v) is 2.10. The van der Waals surface area contributed by atoms with E-state index in [4.69, 9.17) is 0 Å². The largest absolute Gasteiger partial charge is 0.298 e. The fraction of sp³-hybridized carbons (Fsp3) is 0.0833. The fourth-order valence-corrected chi connectivity index (χ4v) is 1.24. The number of benzene rings is 1. The monoisotopic (exact) mass is 172 g/mol. The maximum Gasteiger partial charge on any atom is 0.150 e. The minimum Gasteiger partial charge on any atom is -0.298 e. The molecule has 13 heavy (non-hydrogen) atoms. The fourth-order valence-electron chi connectivity index (χ4n) is 1.24. The second-order valence-corrected chi connectivity index (χ2v) is 2.87. The van der Waals surface area contributed by atoms with Gasteiger partial charge in [0.1, 0.15) is 6.29 Å². The summed E-state index contributed by atoms with van der Waals surface area (Å²) < 4.78 is 0. The van der Waals surface area contributed by atoms with Crippen LogP contribution in [0.3, 0.4) is 0 Å². The predicted octanol–water partition coefficient (Wildman–Crippen LogP) is 3.01. The first-order chi connectivity index (χ1) is 6.20. The van der Waals surface area contributed by atoms with E-state index in [0.29, 0.717) is 5.56 Å². The molecule has 0 N–H and O–H groups in total. The molecule has 0 heterocycles. The first-order valence-electron chi connectivity index (χ1n) is 4.07. The summed E-state index contributed by atoms with van der Waals surface area (Å²) >= 11 is 0. The molecule has 0 saturated carbocycles. The van der Waals surface area contributed by atoms with Gasteiger partial charge in [0.15, 0.2) is 0 Å². The molecule has 0 spiro atoms. The van der Waals surface area contributed by atoms with Gasteiger partial charge in [-0.15, -0.1) is 0 Å². The van der Waals surface area contributed by atoms with Crippen LogP contribution in [0.2, 0.25) is 0 Å². The zero-order chi connectivity index (χ0) is 9.84. The van der Waals surface area contributed by atoms with Crippen LogP contribution in [0.1, 0.15) is 21.5 Å². The molecular weight excluding hydrogens is 160 g/mol. The molecule has 1 nitrogen and oxygen atoms in total. The average molecular weight is 172 g/mol. The third-order valence-electron chi connectivity index (χ3n) is 2.10. The zero-order valence-electron chi connectivity index (χ0n) is 7.71. The Hall–Kier alpha value is -1.63. The van der Waals surface area contributed by atoms with Gasteiger partial charge >= 0.3 is 0 Å². The van der Waals surface area contributed by atoms with Crippen molar-refractivity contribution in [3.05, 3.63) is 54.1 Å². The van der Waals surface area contributed by atoms with Gasteiger partial charge in [-0.2, -0.15) is 0 Å². The molecule has 0 aliphatic heterocycles. The van der Waals surface area contributed by atoms with Gasteiger partial charge in [-0.3, -0.25) is 4.79 Å². The minimum atomic E-state index is 0.709. The third kappa shape index (κ3) is 1.75. The summed E-state index contributed by atoms with van der Waals surface area (Å²) in [5.74, 6) is 0. The first-order valence-corrected chi connectivity index (χ1v) is 4.07. The van der Waals surface area contributed by atoms with Crippen molar-refractivity contribution in [2.75, 3.05) is 0 Å². The maximum absolute atomic E-state index is 10.6. The number of carbonyl (C=O) groups is 1. The van der Waals surface area contributed by atoms with Crippen molar-refractivity contribution in [1.29, 1.82) is 0 Å². The lowest BCUT2D eigenvalue weighted by Gasteiger charge is -2.06. The number of hydrogen-bond donors (Lipinski definition) is 0. The van der Waals surface area contributed by atoms with Crippen molar-refractivity contribution < 1.29 is 4.79 Å². The van der Waals surface area contributed by atoms with Crippen LogP contribution in [0.4, 0.5) is 0 Å². The molecule has 0 fully saturated rings. The molecule has 0 aliphatic rings. The zero-order valence-corrected chi connectivity index (χ0v) is 7.71. The van der Waals surface area contributed by atoms with Gasteiger partial charge in [0.05, 0.1) is 0 Å². The highest BCUT2D eigenvalue weighted by molar-refractivity contribution is 5.83. The molecule has 0 unspecified atom stereocenters. The molecule has 0 saturated heterocycles. The lowest BCUT2D eigenvalue weighted by atomic mass is 9.98. The van der Waals surface area contributed by atoms with E-state index >= 15 is 0 Å². The molecule has 0 aromatic heterocycles. The van der Waals surface area contributed by atoms with Crippen LogP contribution in [0.15, 0.2) is 37.4 Å². The van der Waals surface area contributed by atoms with Crippen LogP contribution in [0.5, 0.6) is 0 Å². The van der Waals surface area contributed by atoms with Crippen LogP contribution in [-0.2, 0) is 0 Å². The van der Waals surface area contributed by atoms with E-state index in [1.54, 1.807) is 12.1 Å². The Labute approximate surface area is 78.4 Å². The van der Waals surface area contributed by atoms with Gasteiger partial charge in [-0.1, -0.05) is 37.4 Å². The normalized spacial score (nSPS) is 9.31. The Balaban J connectivity index is 3.30. The summed E-state index contributed by atoms with van der Waals surface area (Å²) in [7, 11) is 0.